The summed E-state index contributed by atoms with van der Waals surface area (Å²) in [5.41, 5.74) is 6.88. The Kier molecular flexibility index (Phi) is 4.63. The van der Waals surface area contributed by atoms with Gasteiger partial charge in [0.2, 0.25) is 5.91 Å². The summed E-state index contributed by atoms with van der Waals surface area (Å²) in [6, 6.07) is 4.94. The Bertz CT molecular complexity index is 1000. The van der Waals surface area contributed by atoms with Crippen molar-refractivity contribution in [3.63, 3.8) is 0 Å². The molecule has 0 aromatic heterocycles. The van der Waals surface area contributed by atoms with Gasteiger partial charge in [-0.2, -0.15) is 0 Å². The van der Waals surface area contributed by atoms with E-state index in [4.69, 9.17) is 5.73 Å². The van der Waals surface area contributed by atoms with E-state index in [2.05, 4.69) is 0 Å². The lowest BCUT2D eigenvalue weighted by molar-refractivity contribution is -0.384. The highest BCUT2D eigenvalue weighted by molar-refractivity contribution is 8.00. The van der Waals surface area contributed by atoms with E-state index in [1.807, 2.05) is 0 Å². The number of anilines is 1. The maximum atomic E-state index is 12.8. The Labute approximate surface area is 168 Å². The van der Waals surface area contributed by atoms with Gasteiger partial charge in [0.25, 0.3) is 11.6 Å². The first-order chi connectivity index (χ1) is 13.8. The molecule has 1 aromatic rings. The van der Waals surface area contributed by atoms with Crippen molar-refractivity contribution in [2.24, 2.45) is 5.73 Å². The maximum absolute atomic E-state index is 12.8. The number of carbonyl (C=O) groups excluding carboxylic acids is 2. The minimum absolute atomic E-state index is 0.0707. The molecule has 150 valence electrons. The molecule has 3 heterocycles. The van der Waals surface area contributed by atoms with Crippen LogP contribution in [0.1, 0.15) is 6.42 Å². The number of nitrogens with zero attached hydrogens (tertiary/aromatic N) is 3. The maximum Gasteiger partial charge on any atom is 0.352 e. The molecule has 1 aromatic carbocycles. The molecule has 10 nitrogen and oxygen atoms in total. The number of carboxylic acid groups (broad SMARTS) is 1. The number of fused-ring (bicyclic) bond motifs is 1. The molecule has 11 heteroatoms. The Morgan fingerprint density at radius 3 is 2.62 bits per heavy atom. The highest BCUT2D eigenvalue weighted by atomic mass is 32.2. The number of nitro benzene ring substituents is 1. The number of rotatable bonds is 4. The summed E-state index contributed by atoms with van der Waals surface area (Å²) >= 11 is 1.37. The molecule has 0 saturated carbocycles. The molecule has 0 spiro atoms. The smallest absolute Gasteiger partial charge is 0.352 e. The third kappa shape index (κ3) is 3.08. The number of thioether (sulfide) groups is 1. The molecule has 29 heavy (non-hydrogen) atoms. The Hall–Kier alpha value is -3.18. The van der Waals surface area contributed by atoms with Gasteiger partial charge in [-0.3, -0.25) is 24.6 Å². The molecule has 4 rings (SSSR count). The van der Waals surface area contributed by atoms with Crippen LogP contribution in [0.15, 0.2) is 47.2 Å². The molecule has 2 atom stereocenters. The molecule has 0 radical (unpaired) electrons. The van der Waals surface area contributed by atoms with Gasteiger partial charge in [0.15, 0.2) is 0 Å². The molecule has 3 aliphatic heterocycles. The van der Waals surface area contributed by atoms with Gasteiger partial charge in [-0.15, -0.1) is 11.8 Å². The van der Waals surface area contributed by atoms with Crippen molar-refractivity contribution in [1.82, 2.24) is 4.90 Å². The normalized spacial score (nSPS) is 25.3. The zero-order valence-corrected chi connectivity index (χ0v) is 15.8. The summed E-state index contributed by atoms with van der Waals surface area (Å²) in [5, 5.41) is 20.0. The third-order valence-electron chi connectivity index (χ3n) is 5.09. The first kappa shape index (κ1) is 19.2. The fourth-order valence-corrected chi connectivity index (χ4v) is 4.86. The zero-order chi connectivity index (χ0) is 20.9. The van der Waals surface area contributed by atoms with Crippen molar-refractivity contribution in [3.8, 4) is 0 Å². The quantitative estimate of drug-likeness (QED) is 0.318. The minimum atomic E-state index is -1.24. The van der Waals surface area contributed by atoms with E-state index in [-0.39, 0.29) is 17.3 Å². The number of nitrogens with two attached hydrogens (primary N) is 1. The number of carboxylic acids is 1. The molecule has 2 unspecified atom stereocenters. The molecule has 2 amide bonds. The van der Waals surface area contributed by atoms with E-state index in [1.165, 1.54) is 51.9 Å². The van der Waals surface area contributed by atoms with Gasteiger partial charge in [-0.1, -0.05) is 0 Å². The van der Waals surface area contributed by atoms with Gasteiger partial charge in [0, 0.05) is 35.7 Å². The van der Waals surface area contributed by atoms with E-state index in [0.717, 1.165) is 0 Å². The van der Waals surface area contributed by atoms with E-state index < -0.39 is 28.2 Å². The van der Waals surface area contributed by atoms with Crippen molar-refractivity contribution < 1.29 is 24.4 Å². The summed E-state index contributed by atoms with van der Waals surface area (Å²) in [5.74, 6) is -1.64. The highest BCUT2D eigenvalue weighted by Gasteiger charge is 2.51. The van der Waals surface area contributed by atoms with E-state index in [9.17, 15) is 29.6 Å². The number of hydrogen-bond acceptors (Lipinski definition) is 7. The van der Waals surface area contributed by atoms with E-state index in [1.54, 1.807) is 0 Å². The van der Waals surface area contributed by atoms with Crippen molar-refractivity contribution in [1.29, 1.82) is 0 Å². The van der Waals surface area contributed by atoms with Crippen LogP contribution in [0, 0.1) is 10.1 Å². The Morgan fingerprint density at radius 1 is 1.31 bits per heavy atom. The number of allylic oxidation sites excluding steroid dienone is 1. The van der Waals surface area contributed by atoms with Crippen LogP contribution in [0.3, 0.4) is 0 Å². The van der Waals surface area contributed by atoms with Gasteiger partial charge in [0.05, 0.1) is 4.92 Å². The van der Waals surface area contributed by atoms with E-state index >= 15 is 0 Å². The molecule has 0 bridgehead atoms. The second kappa shape index (κ2) is 7.01. The summed E-state index contributed by atoms with van der Waals surface area (Å²) in [6.45, 7) is 0.376. The average molecular weight is 416 g/mol. The number of carbonyl (C=O) groups is 3. The lowest BCUT2D eigenvalue weighted by Crippen LogP contribution is -2.68. The van der Waals surface area contributed by atoms with E-state index in [0.29, 0.717) is 35.6 Å². The molecular weight excluding hydrogens is 400 g/mol. The predicted molar refractivity (Wildman–Crippen MR) is 104 cm³/mol. The SMILES string of the molecule is NC1C(=O)N2C(C(=O)O)=C(/C=C3\CCN(c4ccc([N+](=O)[O-])cc4)C3=O)CSC12. The molecule has 3 aliphatic rings. The van der Waals surface area contributed by atoms with Crippen molar-refractivity contribution >= 4 is 40.9 Å². The Morgan fingerprint density at radius 2 is 2.00 bits per heavy atom. The van der Waals surface area contributed by atoms with Gasteiger partial charge < -0.3 is 15.7 Å². The van der Waals surface area contributed by atoms with Crippen LogP contribution in [0.25, 0.3) is 0 Å². The minimum Gasteiger partial charge on any atom is -0.477 e. The highest BCUT2D eigenvalue weighted by Crippen LogP contribution is 2.40. The fraction of sp³-hybridized carbons (Fsp3) is 0.278. The monoisotopic (exact) mass is 416 g/mol. The summed E-state index contributed by atoms with van der Waals surface area (Å²) < 4.78 is 0. The number of aliphatic carboxylic acids is 1. The number of nitro groups is 1. The topological polar surface area (TPSA) is 147 Å². The van der Waals surface area contributed by atoms with Gasteiger partial charge >= 0.3 is 5.97 Å². The summed E-state index contributed by atoms with van der Waals surface area (Å²) in [4.78, 5) is 49.5. The van der Waals surface area contributed by atoms with Crippen LogP contribution in [-0.2, 0) is 14.4 Å². The second-order valence-electron chi connectivity index (χ2n) is 6.76. The van der Waals surface area contributed by atoms with Crippen LogP contribution in [0.2, 0.25) is 0 Å². The number of non-ortho nitro benzene ring substituents is 1. The number of benzene rings is 1. The lowest BCUT2D eigenvalue weighted by Gasteiger charge is -2.47. The first-order valence-corrected chi connectivity index (χ1v) is 9.78. The summed E-state index contributed by atoms with van der Waals surface area (Å²) in [6.07, 6.45) is 1.94. The lowest BCUT2D eigenvalue weighted by atomic mass is 10.0. The molecule has 2 fully saturated rings. The zero-order valence-electron chi connectivity index (χ0n) is 15.0. The molecule has 3 N–H and O–H groups in total. The Balaban J connectivity index is 1.61. The van der Waals surface area contributed by atoms with Gasteiger partial charge in [0.1, 0.15) is 17.1 Å². The number of β-lactam (4-membered cyclic amide) rings is 1. The van der Waals surface area contributed by atoms with Gasteiger partial charge in [-0.05, 0) is 30.2 Å². The number of hydrogen-bond donors (Lipinski definition) is 2. The van der Waals surface area contributed by atoms with Gasteiger partial charge in [-0.25, -0.2) is 4.79 Å². The van der Waals surface area contributed by atoms with Crippen molar-refractivity contribution in [2.45, 2.75) is 17.8 Å². The first-order valence-electron chi connectivity index (χ1n) is 8.73. The van der Waals surface area contributed by atoms with Crippen molar-refractivity contribution in [2.75, 3.05) is 17.2 Å². The predicted octanol–water partition coefficient (Wildman–Crippen LogP) is 0.839. The molecule has 0 aliphatic carbocycles. The average Bonchev–Trinajstić information content (AvgIpc) is 3.07. The standard InChI is InChI=1S/C18H16N4O6S/c19-13-16(24)21-14(18(25)26)10(8-29-17(13)21)7-9-5-6-20(15(9)23)11-1-3-12(4-2-11)22(27)28/h1-4,7,13,17H,5-6,8,19H2,(H,25,26)/b9-7+. The van der Waals surface area contributed by atoms with Crippen LogP contribution in [0.5, 0.6) is 0 Å². The van der Waals surface area contributed by atoms with Crippen LogP contribution < -0.4 is 10.6 Å². The summed E-state index contributed by atoms with van der Waals surface area (Å²) in [7, 11) is 0. The third-order valence-corrected chi connectivity index (χ3v) is 6.41. The van der Waals surface area contributed by atoms with Crippen LogP contribution in [-0.4, -0.2) is 56.4 Å². The van der Waals surface area contributed by atoms with Crippen LogP contribution in [0.4, 0.5) is 11.4 Å². The fourth-order valence-electron chi connectivity index (χ4n) is 3.61. The molecule has 2 saturated heterocycles. The largest absolute Gasteiger partial charge is 0.477 e. The number of amides is 2. The van der Waals surface area contributed by atoms with Crippen molar-refractivity contribution in [3.05, 3.63) is 57.3 Å². The molecular formula is C18H16N4O6S. The van der Waals surface area contributed by atoms with Crippen LogP contribution >= 0.6 is 11.8 Å². The second-order valence-corrected chi connectivity index (χ2v) is 7.87.